The first-order valence-corrected chi connectivity index (χ1v) is 18.2. The average Bonchev–Trinajstić information content (AvgIpc) is 3.76. The lowest BCUT2D eigenvalue weighted by Crippen LogP contribution is -2.59. The minimum atomic E-state index is -1.33. The Kier molecular flexibility index (Phi) is 12.0. The van der Waals surface area contributed by atoms with Gasteiger partial charge in [-0.2, -0.15) is 5.10 Å². The van der Waals surface area contributed by atoms with Gasteiger partial charge >= 0.3 is 0 Å². The van der Waals surface area contributed by atoms with Crippen LogP contribution in [-0.2, 0) is 9.59 Å². The lowest BCUT2D eigenvalue weighted by Gasteiger charge is -2.37. The molecule has 3 atom stereocenters. The largest absolute Gasteiger partial charge is 0.339 e. The molecule has 3 aromatic rings. The maximum absolute atomic E-state index is 15.9. The summed E-state index contributed by atoms with van der Waals surface area (Å²) in [6, 6.07) is 4.98. The molecule has 1 saturated carbocycles. The molecule has 2 aromatic heterocycles. The number of carbonyl (C=O) groups excluding carboxylic acids is 4. The minimum Gasteiger partial charge on any atom is -0.339 e. The fraction of sp³-hybridized carbons (Fsp3) is 0.571. The van der Waals surface area contributed by atoms with Gasteiger partial charge in [-0.15, -0.1) is 5.10 Å². The summed E-state index contributed by atoms with van der Waals surface area (Å²) in [6.07, 6.45) is 8.35. The van der Waals surface area contributed by atoms with Crippen LogP contribution in [0.5, 0.6) is 0 Å². The second-order valence-corrected chi connectivity index (χ2v) is 14.7. The van der Waals surface area contributed by atoms with E-state index < -0.39 is 41.0 Å². The van der Waals surface area contributed by atoms with Crippen molar-refractivity contribution in [1.29, 1.82) is 0 Å². The van der Waals surface area contributed by atoms with E-state index >= 15 is 4.39 Å². The third-order valence-corrected chi connectivity index (χ3v) is 10.8. The molecule has 3 N–H and O–H groups in total. The van der Waals surface area contributed by atoms with Crippen molar-refractivity contribution in [1.82, 2.24) is 39.8 Å². The second-order valence-electron chi connectivity index (χ2n) is 13.9. The number of rotatable bonds is 11. The highest BCUT2D eigenvalue weighted by atomic mass is 32.1. The summed E-state index contributed by atoms with van der Waals surface area (Å²) in [5, 5.41) is 16.6. The first kappa shape index (κ1) is 37.0. The Morgan fingerprint density at radius 1 is 0.980 bits per heavy atom. The number of carbonyl (C=O) groups is 4. The molecule has 50 heavy (non-hydrogen) atoms. The number of benzene rings is 1. The molecule has 1 saturated heterocycles. The summed E-state index contributed by atoms with van der Waals surface area (Å²) in [6.45, 7) is 9.73. The second kappa shape index (κ2) is 16.2. The Hall–Kier alpha value is -4.24. The highest BCUT2D eigenvalue weighted by molar-refractivity contribution is 7.07. The molecule has 0 bridgehead atoms. The molecular weight excluding hydrogens is 662 g/mol. The van der Waals surface area contributed by atoms with Crippen molar-refractivity contribution in [2.45, 2.75) is 89.8 Å². The molecule has 1 aliphatic heterocycles. The van der Waals surface area contributed by atoms with E-state index in [0.717, 1.165) is 50.1 Å². The van der Waals surface area contributed by atoms with Gasteiger partial charge in [-0.05, 0) is 81.9 Å². The van der Waals surface area contributed by atoms with Crippen LogP contribution < -0.4 is 16.0 Å². The smallest absolute Gasteiger partial charge is 0.270 e. The predicted molar refractivity (Wildman–Crippen MR) is 188 cm³/mol. The standard InChI is InChI=1S/C35H48FN9O4S/c1-22(2)45-28(14-15-38-45)31(46)41-35(4,25-10-8-6-7-9-11-25)34(49)39-27-13-12-24(20-26(27)36)23(3)30(40-32(47)29-21-37-42-50-29)33(48)44-18-16-43(5)17-19-44/h12-15,20-23,25,30H,6-11,16-19H2,1-5H3,(H,39,49)(H,40,47)(H,41,46)/t23-,30+,35+/m0/s1. The predicted octanol–water partition coefficient (Wildman–Crippen LogP) is 4.23. The van der Waals surface area contributed by atoms with Gasteiger partial charge in [0.05, 0.1) is 11.9 Å². The Morgan fingerprint density at radius 3 is 2.30 bits per heavy atom. The monoisotopic (exact) mass is 709 g/mol. The number of piperazine rings is 1. The third kappa shape index (κ3) is 8.37. The van der Waals surface area contributed by atoms with E-state index in [1.54, 1.807) is 41.8 Å². The fourth-order valence-electron chi connectivity index (χ4n) is 6.87. The molecule has 270 valence electrons. The van der Waals surface area contributed by atoms with E-state index in [9.17, 15) is 19.2 Å². The molecule has 4 amide bonds. The Labute approximate surface area is 296 Å². The number of likely N-dealkylation sites (N-methyl/N-ethyl adjacent to an activating group) is 1. The van der Waals surface area contributed by atoms with E-state index in [2.05, 4.69) is 35.5 Å². The van der Waals surface area contributed by atoms with E-state index in [0.29, 0.717) is 37.4 Å². The summed E-state index contributed by atoms with van der Waals surface area (Å²) in [4.78, 5) is 58.7. The van der Waals surface area contributed by atoms with E-state index in [1.165, 1.54) is 18.3 Å². The molecule has 2 fully saturated rings. The summed E-state index contributed by atoms with van der Waals surface area (Å²) < 4.78 is 21.3. The normalized spacial score (nSPS) is 18.5. The number of hydrogen-bond acceptors (Lipinski definition) is 9. The number of nitrogens with one attached hydrogen (secondary N) is 3. The van der Waals surface area contributed by atoms with Crippen molar-refractivity contribution in [3.05, 3.63) is 58.6 Å². The van der Waals surface area contributed by atoms with Crippen LogP contribution in [0.2, 0.25) is 0 Å². The van der Waals surface area contributed by atoms with Crippen LogP contribution in [0.4, 0.5) is 10.1 Å². The maximum atomic E-state index is 15.9. The number of hydrogen-bond donors (Lipinski definition) is 3. The van der Waals surface area contributed by atoms with Crippen molar-refractivity contribution in [2.24, 2.45) is 5.92 Å². The van der Waals surface area contributed by atoms with Gasteiger partial charge in [-0.3, -0.25) is 23.9 Å². The molecule has 0 unspecified atom stereocenters. The lowest BCUT2D eigenvalue weighted by atomic mass is 9.79. The lowest BCUT2D eigenvalue weighted by molar-refractivity contribution is -0.135. The zero-order valence-electron chi connectivity index (χ0n) is 29.4. The average molecular weight is 710 g/mol. The van der Waals surface area contributed by atoms with Crippen LogP contribution >= 0.6 is 11.5 Å². The number of halogens is 1. The molecule has 0 spiro atoms. The molecule has 1 aliphatic carbocycles. The number of amides is 4. The highest BCUT2D eigenvalue weighted by Gasteiger charge is 2.43. The van der Waals surface area contributed by atoms with E-state index in [1.807, 2.05) is 20.9 Å². The molecular formula is C35H48FN9O4S. The zero-order valence-corrected chi connectivity index (χ0v) is 30.3. The van der Waals surface area contributed by atoms with Crippen LogP contribution in [0.3, 0.4) is 0 Å². The van der Waals surface area contributed by atoms with Crippen molar-refractivity contribution < 1.29 is 23.6 Å². The first-order valence-electron chi connectivity index (χ1n) is 17.4. The van der Waals surface area contributed by atoms with Crippen LogP contribution in [0.25, 0.3) is 0 Å². The highest BCUT2D eigenvalue weighted by Crippen LogP contribution is 2.34. The van der Waals surface area contributed by atoms with Gasteiger partial charge in [-0.25, -0.2) is 4.39 Å². The van der Waals surface area contributed by atoms with Crippen LogP contribution in [0, 0.1) is 11.7 Å². The molecule has 13 nitrogen and oxygen atoms in total. The maximum Gasteiger partial charge on any atom is 0.270 e. The minimum absolute atomic E-state index is 0.0472. The van der Waals surface area contributed by atoms with E-state index in [-0.39, 0.29) is 28.4 Å². The van der Waals surface area contributed by atoms with Crippen LogP contribution in [0.1, 0.15) is 104 Å². The number of aromatic nitrogens is 4. The SMILES string of the molecule is CC(C)n1nccc1C(=O)N[C@@](C)(C(=O)Nc1ccc([C@H](C)[C@@H](NC(=O)c2cnns2)C(=O)N2CCN(C)CC2)cc1F)C1CCCCCC1. The van der Waals surface area contributed by atoms with Crippen molar-refractivity contribution >= 4 is 40.8 Å². The molecule has 2 aliphatic rings. The molecule has 0 radical (unpaired) electrons. The summed E-state index contributed by atoms with van der Waals surface area (Å²) in [5.41, 5.74) is -0.565. The van der Waals surface area contributed by atoms with E-state index in [4.69, 9.17) is 0 Å². The van der Waals surface area contributed by atoms with Gasteiger partial charge < -0.3 is 25.8 Å². The summed E-state index contributed by atoms with van der Waals surface area (Å²) >= 11 is 0.920. The number of nitrogens with zero attached hydrogens (tertiary/aromatic N) is 6. The summed E-state index contributed by atoms with van der Waals surface area (Å²) in [7, 11) is 1.99. The van der Waals surface area contributed by atoms with Gasteiger partial charge in [0.2, 0.25) is 11.8 Å². The zero-order chi connectivity index (χ0) is 36.0. The Morgan fingerprint density at radius 2 is 1.68 bits per heavy atom. The van der Waals surface area contributed by atoms with Crippen LogP contribution in [0.15, 0.2) is 36.7 Å². The van der Waals surface area contributed by atoms with Gasteiger partial charge in [-0.1, -0.05) is 43.2 Å². The Bertz CT molecular complexity index is 1650. The summed E-state index contributed by atoms with van der Waals surface area (Å²) in [5.74, 6) is -3.16. The van der Waals surface area contributed by atoms with Crippen molar-refractivity contribution in [3.8, 4) is 0 Å². The molecule has 3 heterocycles. The van der Waals surface area contributed by atoms with Gasteiger partial charge in [0.15, 0.2) is 0 Å². The molecule has 15 heteroatoms. The topological polar surface area (TPSA) is 154 Å². The first-order chi connectivity index (χ1) is 23.9. The molecule has 1 aromatic carbocycles. The number of anilines is 1. The third-order valence-electron chi connectivity index (χ3n) is 10.1. The van der Waals surface area contributed by atoms with Crippen molar-refractivity contribution in [3.63, 3.8) is 0 Å². The molecule has 5 rings (SSSR count). The van der Waals surface area contributed by atoms with Gasteiger partial charge in [0.25, 0.3) is 11.8 Å². The van der Waals surface area contributed by atoms with Gasteiger partial charge in [0.1, 0.15) is 28.0 Å². The van der Waals surface area contributed by atoms with Crippen molar-refractivity contribution in [2.75, 3.05) is 38.5 Å². The van der Waals surface area contributed by atoms with Gasteiger partial charge in [0, 0.05) is 44.3 Å². The Balaban J connectivity index is 1.38. The van der Waals surface area contributed by atoms with Crippen LogP contribution in [-0.4, -0.2) is 97.6 Å². The quantitative estimate of drug-likeness (QED) is 0.250. The fourth-order valence-corrected chi connectivity index (χ4v) is 7.29.